The summed E-state index contributed by atoms with van der Waals surface area (Å²) in [5.41, 5.74) is 1.70. The van der Waals surface area contributed by atoms with Gasteiger partial charge in [0.2, 0.25) is 5.91 Å². The van der Waals surface area contributed by atoms with Crippen LogP contribution in [0.3, 0.4) is 0 Å². The lowest BCUT2D eigenvalue weighted by atomic mass is 10.1. The van der Waals surface area contributed by atoms with Crippen molar-refractivity contribution in [3.63, 3.8) is 0 Å². The predicted molar refractivity (Wildman–Crippen MR) is 68.5 cm³/mol. The van der Waals surface area contributed by atoms with Crippen molar-refractivity contribution in [1.82, 2.24) is 4.98 Å². The average Bonchev–Trinajstić information content (AvgIpc) is 2.81. The number of anilines is 1. The summed E-state index contributed by atoms with van der Waals surface area (Å²) in [6, 6.07) is 6.83. The molecule has 0 unspecified atom stereocenters. The van der Waals surface area contributed by atoms with Crippen molar-refractivity contribution in [2.75, 3.05) is 12.4 Å². The van der Waals surface area contributed by atoms with Gasteiger partial charge in [0.1, 0.15) is 6.42 Å². The number of nitrogens with one attached hydrogen (secondary N) is 2. The molecule has 0 saturated heterocycles. The molecule has 2 N–H and O–H groups in total. The summed E-state index contributed by atoms with van der Waals surface area (Å²) in [5, 5.41) is 11.7. The van der Waals surface area contributed by atoms with Crippen molar-refractivity contribution in [2.45, 2.75) is 6.42 Å². The number of H-pyrrole nitrogens is 1. The van der Waals surface area contributed by atoms with E-state index in [2.05, 4.69) is 15.0 Å². The number of aromatic nitrogens is 1. The van der Waals surface area contributed by atoms with Gasteiger partial charge in [-0.2, -0.15) is 5.26 Å². The van der Waals surface area contributed by atoms with Crippen LogP contribution in [0.15, 0.2) is 24.4 Å². The summed E-state index contributed by atoms with van der Waals surface area (Å²) in [4.78, 5) is 25.7. The molecule has 1 amide bonds. The lowest BCUT2D eigenvalue weighted by molar-refractivity contribution is -0.115. The molecular weight excluding hydrogens is 246 g/mol. The van der Waals surface area contributed by atoms with Gasteiger partial charge in [0.15, 0.2) is 0 Å². The number of carbonyl (C=O) groups is 2. The van der Waals surface area contributed by atoms with Crippen LogP contribution in [0, 0.1) is 11.3 Å². The van der Waals surface area contributed by atoms with Gasteiger partial charge in [-0.1, -0.05) is 0 Å². The van der Waals surface area contributed by atoms with Crippen molar-refractivity contribution in [2.24, 2.45) is 0 Å². The third-order valence-corrected chi connectivity index (χ3v) is 2.61. The number of hydrogen-bond acceptors (Lipinski definition) is 4. The molecule has 0 bridgehead atoms. The van der Waals surface area contributed by atoms with Crippen molar-refractivity contribution < 1.29 is 14.3 Å². The molecule has 6 heteroatoms. The third kappa shape index (κ3) is 2.55. The number of esters is 1. The van der Waals surface area contributed by atoms with E-state index in [0.29, 0.717) is 22.2 Å². The standard InChI is InChI=1S/C13H11N3O3/c1-19-13(18)10-7-15-11-6-8(2-3-9(10)11)16-12(17)4-5-14/h2-3,6-7,15H,4H2,1H3,(H,16,17). The van der Waals surface area contributed by atoms with E-state index in [9.17, 15) is 9.59 Å². The quantitative estimate of drug-likeness (QED) is 0.819. The van der Waals surface area contributed by atoms with Gasteiger partial charge in [0, 0.05) is 22.8 Å². The molecule has 2 rings (SSSR count). The van der Waals surface area contributed by atoms with Crippen LogP contribution in [0.1, 0.15) is 16.8 Å². The van der Waals surface area contributed by atoms with Crippen molar-refractivity contribution in [1.29, 1.82) is 5.26 Å². The average molecular weight is 257 g/mol. The van der Waals surface area contributed by atoms with Crippen molar-refractivity contribution in [3.05, 3.63) is 30.0 Å². The lowest BCUT2D eigenvalue weighted by Gasteiger charge is -2.03. The van der Waals surface area contributed by atoms with E-state index in [1.165, 1.54) is 7.11 Å². The second-order valence-corrected chi connectivity index (χ2v) is 3.84. The maximum Gasteiger partial charge on any atom is 0.340 e. The number of nitriles is 1. The zero-order chi connectivity index (χ0) is 13.8. The summed E-state index contributed by atoms with van der Waals surface area (Å²) in [6.45, 7) is 0. The van der Waals surface area contributed by atoms with E-state index in [1.807, 2.05) is 0 Å². The Bertz CT molecular complexity index is 682. The molecule has 0 aliphatic carbocycles. The van der Waals surface area contributed by atoms with Crippen LogP contribution < -0.4 is 5.32 Å². The number of benzene rings is 1. The van der Waals surface area contributed by atoms with Crippen molar-refractivity contribution >= 4 is 28.5 Å². The van der Waals surface area contributed by atoms with E-state index in [1.54, 1.807) is 30.5 Å². The Balaban J connectivity index is 2.31. The monoisotopic (exact) mass is 257 g/mol. The highest BCUT2D eigenvalue weighted by Crippen LogP contribution is 2.22. The molecule has 0 aliphatic rings. The second kappa shape index (κ2) is 5.23. The number of nitrogens with zero attached hydrogens (tertiary/aromatic N) is 1. The molecule has 1 aromatic heterocycles. The fourth-order valence-corrected chi connectivity index (χ4v) is 1.76. The predicted octanol–water partition coefficient (Wildman–Crippen LogP) is 1.81. The lowest BCUT2D eigenvalue weighted by Crippen LogP contribution is -2.09. The maximum atomic E-state index is 11.5. The maximum absolute atomic E-state index is 11.5. The summed E-state index contributed by atoms with van der Waals surface area (Å²) in [5.74, 6) is -0.797. The van der Waals surface area contributed by atoms with Gasteiger partial charge < -0.3 is 15.0 Å². The molecule has 1 heterocycles. The molecule has 0 fully saturated rings. The minimum Gasteiger partial charge on any atom is -0.465 e. The molecule has 0 saturated carbocycles. The molecule has 6 nitrogen and oxygen atoms in total. The highest BCUT2D eigenvalue weighted by Gasteiger charge is 2.12. The third-order valence-electron chi connectivity index (χ3n) is 2.61. The largest absolute Gasteiger partial charge is 0.465 e. The summed E-state index contributed by atoms with van der Waals surface area (Å²) in [7, 11) is 1.32. The molecule has 2 aromatic rings. The zero-order valence-electron chi connectivity index (χ0n) is 10.2. The second-order valence-electron chi connectivity index (χ2n) is 3.84. The Morgan fingerprint density at radius 1 is 1.47 bits per heavy atom. The summed E-state index contributed by atoms with van der Waals surface area (Å²) in [6.07, 6.45) is 1.35. The number of fused-ring (bicyclic) bond motifs is 1. The normalized spacial score (nSPS) is 9.89. The van der Waals surface area contributed by atoms with Crippen LogP contribution in [-0.4, -0.2) is 24.0 Å². The topological polar surface area (TPSA) is 95.0 Å². The Morgan fingerprint density at radius 3 is 2.95 bits per heavy atom. The fraction of sp³-hybridized carbons (Fsp3) is 0.154. The van der Waals surface area contributed by atoms with Crippen LogP contribution in [-0.2, 0) is 9.53 Å². The Morgan fingerprint density at radius 2 is 2.26 bits per heavy atom. The van der Waals surface area contributed by atoms with E-state index >= 15 is 0 Å². The molecule has 0 radical (unpaired) electrons. The van der Waals surface area contributed by atoms with Crippen LogP contribution in [0.2, 0.25) is 0 Å². The van der Waals surface area contributed by atoms with Gasteiger partial charge in [-0.25, -0.2) is 4.79 Å². The van der Waals surface area contributed by atoms with Gasteiger partial charge in [-0.05, 0) is 18.2 Å². The molecule has 19 heavy (non-hydrogen) atoms. The van der Waals surface area contributed by atoms with Gasteiger partial charge in [-0.15, -0.1) is 0 Å². The number of hydrogen-bond donors (Lipinski definition) is 2. The number of aromatic amines is 1. The Hall–Kier alpha value is -2.81. The Kier molecular flexibility index (Phi) is 3.48. The fourth-order valence-electron chi connectivity index (χ4n) is 1.76. The number of ether oxygens (including phenoxy) is 1. The number of carbonyl (C=O) groups excluding carboxylic acids is 2. The first kappa shape index (κ1) is 12.6. The molecule has 0 aliphatic heterocycles. The van der Waals surface area contributed by atoms with E-state index < -0.39 is 5.97 Å². The Labute approximate surface area is 109 Å². The van der Waals surface area contributed by atoms with Crippen LogP contribution in [0.25, 0.3) is 10.9 Å². The van der Waals surface area contributed by atoms with Crippen LogP contribution in [0.5, 0.6) is 0 Å². The first-order chi connectivity index (χ1) is 9.15. The van der Waals surface area contributed by atoms with Crippen molar-refractivity contribution in [3.8, 4) is 6.07 Å². The molecule has 0 spiro atoms. The first-order valence-corrected chi connectivity index (χ1v) is 5.52. The summed E-state index contributed by atoms with van der Waals surface area (Å²) >= 11 is 0. The zero-order valence-corrected chi connectivity index (χ0v) is 10.2. The van der Waals surface area contributed by atoms with Crippen LogP contribution in [0.4, 0.5) is 5.69 Å². The number of methoxy groups -OCH3 is 1. The minimum absolute atomic E-state index is 0.198. The molecule has 0 atom stereocenters. The smallest absolute Gasteiger partial charge is 0.340 e. The van der Waals surface area contributed by atoms with Gasteiger partial charge in [-0.3, -0.25) is 4.79 Å². The van der Waals surface area contributed by atoms with E-state index in [4.69, 9.17) is 5.26 Å². The molecule has 96 valence electrons. The molecule has 1 aromatic carbocycles. The van der Waals surface area contributed by atoms with Gasteiger partial charge in [0.25, 0.3) is 0 Å². The van der Waals surface area contributed by atoms with Gasteiger partial charge >= 0.3 is 5.97 Å². The highest BCUT2D eigenvalue weighted by molar-refractivity contribution is 6.05. The SMILES string of the molecule is COC(=O)c1c[nH]c2cc(NC(=O)CC#N)ccc12. The first-order valence-electron chi connectivity index (χ1n) is 5.52. The van der Waals surface area contributed by atoms with Crippen LogP contribution >= 0.6 is 0 Å². The van der Waals surface area contributed by atoms with E-state index in [0.717, 1.165) is 0 Å². The molecular formula is C13H11N3O3. The highest BCUT2D eigenvalue weighted by atomic mass is 16.5. The van der Waals surface area contributed by atoms with Gasteiger partial charge in [0.05, 0.1) is 18.7 Å². The number of amides is 1. The number of rotatable bonds is 3. The minimum atomic E-state index is -0.424. The van der Waals surface area contributed by atoms with E-state index in [-0.39, 0.29) is 12.3 Å². The summed E-state index contributed by atoms with van der Waals surface area (Å²) < 4.78 is 4.66.